The first kappa shape index (κ1) is 19.2. The molecular weight excluding hydrogens is 340 g/mol. The maximum Gasteiger partial charge on any atom is 0.433 e. The molecule has 0 bridgehead atoms. The molecule has 8 heteroatoms. The van der Waals surface area contributed by atoms with Crippen molar-refractivity contribution in [2.45, 2.75) is 26.2 Å². The van der Waals surface area contributed by atoms with Gasteiger partial charge < -0.3 is 14.5 Å². The van der Waals surface area contributed by atoms with Crippen molar-refractivity contribution in [1.29, 1.82) is 0 Å². The van der Waals surface area contributed by atoms with E-state index in [1.165, 1.54) is 5.56 Å². The normalized spacial score (nSPS) is 10.6. The van der Waals surface area contributed by atoms with Gasteiger partial charge in [-0.2, -0.15) is 0 Å². The van der Waals surface area contributed by atoms with Crippen LogP contribution in [0, 0.1) is 10.1 Å². The Hall–Kier alpha value is -3.16. The second kappa shape index (κ2) is 8.80. The van der Waals surface area contributed by atoms with Gasteiger partial charge in [-0.1, -0.05) is 38.1 Å². The lowest BCUT2D eigenvalue weighted by molar-refractivity contribution is -0.402. The molecule has 1 aromatic carbocycles. The molecule has 1 amide bonds. The number of amides is 1. The topological polar surface area (TPSA) is 112 Å². The summed E-state index contributed by atoms with van der Waals surface area (Å²) in [5, 5.41) is 13.1. The van der Waals surface area contributed by atoms with Crippen LogP contribution in [-0.2, 0) is 16.0 Å². The van der Waals surface area contributed by atoms with Crippen molar-refractivity contribution in [2.75, 3.05) is 13.2 Å². The number of rotatable bonds is 8. The predicted molar refractivity (Wildman–Crippen MR) is 92.9 cm³/mol. The molecular formula is C18H20N2O6. The molecule has 0 aliphatic heterocycles. The number of carbonyl (C=O) groups is 2. The van der Waals surface area contributed by atoms with Gasteiger partial charge in [0.2, 0.25) is 5.76 Å². The molecule has 0 spiro atoms. The third-order valence-corrected chi connectivity index (χ3v) is 3.69. The van der Waals surface area contributed by atoms with Gasteiger partial charge in [-0.15, -0.1) is 0 Å². The van der Waals surface area contributed by atoms with Crippen molar-refractivity contribution in [1.82, 2.24) is 5.32 Å². The predicted octanol–water partition coefficient (Wildman–Crippen LogP) is 2.83. The molecule has 8 nitrogen and oxygen atoms in total. The Balaban J connectivity index is 1.71. The van der Waals surface area contributed by atoms with Gasteiger partial charge in [0, 0.05) is 6.54 Å². The van der Waals surface area contributed by atoms with Crippen LogP contribution in [0.2, 0.25) is 0 Å². The van der Waals surface area contributed by atoms with Crippen LogP contribution in [0.5, 0.6) is 0 Å². The van der Waals surface area contributed by atoms with Crippen LogP contribution in [0.15, 0.2) is 40.8 Å². The Labute approximate surface area is 150 Å². The summed E-state index contributed by atoms with van der Waals surface area (Å²) in [5.74, 6) is -1.82. The highest BCUT2D eigenvalue weighted by Gasteiger charge is 2.19. The van der Waals surface area contributed by atoms with E-state index in [0.29, 0.717) is 18.9 Å². The first-order valence-corrected chi connectivity index (χ1v) is 8.13. The van der Waals surface area contributed by atoms with Crippen LogP contribution < -0.4 is 5.32 Å². The standard InChI is InChI=1S/C18H20N2O6/c1-12(2)14-5-3-13(4-6-14)9-10-19-16(21)11-25-18(22)15-7-8-17(26-15)20(23)24/h3-8,12H,9-11H2,1-2H3,(H,19,21). The molecule has 1 heterocycles. The molecule has 2 aromatic rings. The maximum absolute atomic E-state index is 11.7. The number of nitro groups is 1. The van der Waals surface area contributed by atoms with Crippen molar-refractivity contribution in [3.05, 3.63) is 63.4 Å². The maximum atomic E-state index is 11.7. The van der Waals surface area contributed by atoms with E-state index < -0.39 is 29.3 Å². The zero-order valence-electron chi connectivity index (χ0n) is 14.6. The minimum atomic E-state index is -0.933. The average Bonchev–Trinajstić information content (AvgIpc) is 3.10. The zero-order chi connectivity index (χ0) is 19.1. The Kier molecular flexibility index (Phi) is 6.48. The Bertz CT molecular complexity index is 779. The molecule has 0 radical (unpaired) electrons. The molecule has 1 N–H and O–H groups in total. The first-order valence-electron chi connectivity index (χ1n) is 8.13. The summed E-state index contributed by atoms with van der Waals surface area (Å²) in [5.41, 5.74) is 2.34. The summed E-state index contributed by atoms with van der Waals surface area (Å²) in [6.45, 7) is 4.16. The minimum absolute atomic E-state index is 0.324. The lowest BCUT2D eigenvalue weighted by atomic mass is 10.0. The third kappa shape index (κ3) is 5.44. The highest BCUT2D eigenvalue weighted by atomic mass is 16.7. The van der Waals surface area contributed by atoms with Crippen molar-refractivity contribution in [3.63, 3.8) is 0 Å². The molecule has 0 saturated carbocycles. The summed E-state index contributed by atoms with van der Waals surface area (Å²) in [7, 11) is 0. The Morgan fingerprint density at radius 1 is 1.19 bits per heavy atom. The molecule has 0 saturated heterocycles. The zero-order valence-corrected chi connectivity index (χ0v) is 14.6. The van der Waals surface area contributed by atoms with Crippen LogP contribution >= 0.6 is 0 Å². The Morgan fingerprint density at radius 3 is 2.46 bits per heavy atom. The number of benzene rings is 1. The van der Waals surface area contributed by atoms with Crippen molar-refractivity contribution >= 4 is 17.8 Å². The number of esters is 1. The van der Waals surface area contributed by atoms with Gasteiger partial charge in [-0.25, -0.2) is 4.79 Å². The summed E-state index contributed by atoms with van der Waals surface area (Å²) in [6, 6.07) is 10.3. The van der Waals surface area contributed by atoms with E-state index in [9.17, 15) is 19.7 Å². The van der Waals surface area contributed by atoms with Gasteiger partial charge in [-0.05, 0) is 29.5 Å². The van der Waals surface area contributed by atoms with E-state index in [1.54, 1.807) is 0 Å². The number of hydrogen-bond acceptors (Lipinski definition) is 6. The van der Waals surface area contributed by atoms with Crippen LogP contribution in [0.1, 0.15) is 41.4 Å². The number of hydrogen-bond donors (Lipinski definition) is 1. The van der Waals surface area contributed by atoms with E-state index in [-0.39, 0.29) is 5.76 Å². The summed E-state index contributed by atoms with van der Waals surface area (Å²) >= 11 is 0. The second-order valence-electron chi connectivity index (χ2n) is 5.97. The molecule has 2 rings (SSSR count). The van der Waals surface area contributed by atoms with Gasteiger partial charge in [0.25, 0.3) is 5.91 Å². The number of furan rings is 1. The molecule has 0 aliphatic rings. The molecule has 0 aliphatic carbocycles. The largest absolute Gasteiger partial charge is 0.450 e. The molecule has 1 aromatic heterocycles. The SMILES string of the molecule is CC(C)c1ccc(CCNC(=O)COC(=O)c2ccc([N+](=O)[O-])o2)cc1. The molecule has 26 heavy (non-hydrogen) atoms. The van der Waals surface area contributed by atoms with E-state index in [0.717, 1.165) is 17.7 Å². The summed E-state index contributed by atoms with van der Waals surface area (Å²) in [6.07, 6.45) is 0.655. The Morgan fingerprint density at radius 2 is 1.88 bits per heavy atom. The fraction of sp³-hybridized carbons (Fsp3) is 0.333. The van der Waals surface area contributed by atoms with Gasteiger partial charge in [0.1, 0.15) is 4.92 Å². The number of nitrogens with zero attached hydrogens (tertiary/aromatic N) is 1. The lowest BCUT2D eigenvalue weighted by Gasteiger charge is -2.08. The van der Waals surface area contributed by atoms with E-state index in [4.69, 9.17) is 9.15 Å². The quantitative estimate of drug-likeness (QED) is 0.440. The van der Waals surface area contributed by atoms with Crippen LogP contribution in [0.25, 0.3) is 0 Å². The fourth-order valence-corrected chi connectivity index (χ4v) is 2.20. The van der Waals surface area contributed by atoms with Gasteiger partial charge in [0.15, 0.2) is 6.61 Å². The fourth-order valence-electron chi connectivity index (χ4n) is 2.20. The van der Waals surface area contributed by atoms with Crippen LogP contribution in [0.3, 0.4) is 0 Å². The number of carbonyl (C=O) groups excluding carboxylic acids is 2. The highest BCUT2D eigenvalue weighted by molar-refractivity contribution is 5.89. The van der Waals surface area contributed by atoms with Crippen molar-refractivity contribution < 1.29 is 23.7 Å². The average molecular weight is 360 g/mol. The third-order valence-electron chi connectivity index (χ3n) is 3.69. The van der Waals surface area contributed by atoms with Crippen molar-refractivity contribution in [3.8, 4) is 0 Å². The van der Waals surface area contributed by atoms with Gasteiger partial charge in [0.05, 0.1) is 6.07 Å². The summed E-state index contributed by atoms with van der Waals surface area (Å²) < 4.78 is 9.46. The lowest BCUT2D eigenvalue weighted by Crippen LogP contribution is -2.30. The second-order valence-corrected chi connectivity index (χ2v) is 5.97. The molecule has 0 unspecified atom stereocenters. The highest BCUT2D eigenvalue weighted by Crippen LogP contribution is 2.16. The molecule has 0 fully saturated rings. The van der Waals surface area contributed by atoms with Crippen LogP contribution in [0.4, 0.5) is 5.88 Å². The van der Waals surface area contributed by atoms with Gasteiger partial charge in [-0.3, -0.25) is 14.9 Å². The minimum Gasteiger partial charge on any atom is -0.450 e. The van der Waals surface area contributed by atoms with E-state index >= 15 is 0 Å². The number of nitrogens with one attached hydrogen (secondary N) is 1. The molecule has 0 atom stereocenters. The van der Waals surface area contributed by atoms with Crippen LogP contribution in [-0.4, -0.2) is 30.0 Å². The number of ether oxygens (including phenoxy) is 1. The van der Waals surface area contributed by atoms with E-state index in [1.807, 2.05) is 12.1 Å². The first-order chi connectivity index (χ1) is 12.4. The van der Waals surface area contributed by atoms with Gasteiger partial charge >= 0.3 is 11.9 Å². The van der Waals surface area contributed by atoms with E-state index in [2.05, 4.69) is 31.3 Å². The smallest absolute Gasteiger partial charge is 0.433 e. The van der Waals surface area contributed by atoms with Crippen molar-refractivity contribution in [2.24, 2.45) is 0 Å². The molecule has 138 valence electrons. The summed E-state index contributed by atoms with van der Waals surface area (Å²) in [4.78, 5) is 33.1. The monoisotopic (exact) mass is 360 g/mol.